The summed E-state index contributed by atoms with van der Waals surface area (Å²) >= 11 is 0. The molecule has 0 aromatic heterocycles. The van der Waals surface area contributed by atoms with E-state index in [0.717, 1.165) is 0 Å². The third kappa shape index (κ3) is 4.53. The lowest BCUT2D eigenvalue weighted by Gasteiger charge is -2.16. The van der Waals surface area contributed by atoms with Crippen molar-refractivity contribution in [1.29, 1.82) is 5.26 Å². The maximum atomic E-state index is 12.2. The number of rotatable bonds is 8. The van der Waals surface area contributed by atoms with E-state index in [9.17, 15) is 8.42 Å². The van der Waals surface area contributed by atoms with Gasteiger partial charge in [-0.15, -0.1) is 0 Å². The molecule has 1 unspecified atom stereocenters. The summed E-state index contributed by atoms with van der Waals surface area (Å²) in [6.07, 6.45) is 0.209. The van der Waals surface area contributed by atoms with Crippen LogP contribution in [-0.4, -0.2) is 26.9 Å². The smallest absolute Gasteiger partial charge is 0.249 e. The highest BCUT2D eigenvalue weighted by Gasteiger charge is 2.24. The quantitative estimate of drug-likeness (QED) is 0.797. The predicted molar refractivity (Wildman–Crippen MR) is 81.0 cm³/mol. The first-order chi connectivity index (χ1) is 9.98. The normalized spacial score (nSPS) is 12.3. The van der Waals surface area contributed by atoms with E-state index in [1.165, 1.54) is 0 Å². The molecule has 1 aromatic rings. The second-order valence-corrected chi connectivity index (χ2v) is 6.06. The molecule has 116 valence electrons. The molecule has 0 fully saturated rings. The minimum atomic E-state index is -3.79. The zero-order valence-electron chi connectivity index (χ0n) is 12.4. The molecule has 0 heterocycles. The van der Waals surface area contributed by atoms with E-state index in [4.69, 9.17) is 14.7 Å². The zero-order valence-corrected chi connectivity index (χ0v) is 13.2. The van der Waals surface area contributed by atoms with E-state index in [1.54, 1.807) is 38.1 Å². The number of nitrogens with zero attached hydrogens (tertiary/aromatic N) is 1. The van der Waals surface area contributed by atoms with Gasteiger partial charge in [0.15, 0.2) is 5.25 Å². The van der Waals surface area contributed by atoms with Crippen molar-refractivity contribution < 1.29 is 17.9 Å². The molecule has 0 spiro atoms. The van der Waals surface area contributed by atoms with Gasteiger partial charge in [0.25, 0.3) is 0 Å². The summed E-state index contributed by atoms with van der Waals surface area (Å²) in [7, 11) is -3.79. The highest BCUT2D eigenvalue weighted by Crippen LogP contribution is 2.31. The highest BCUT2D eigenvalue weighted by molar-refractivity contribution is 7.93. The molecule has 7 heteroatoms. The lowest BCUT2D eigenvalue weighted by atomic mass is 10.3. The molecule has 6 nitrogen and oxygen atoms in total. The second-order valence-electron chi connectivity index (χ2n) is 4.20. The number of hydrogen-bond donors (Lipinski definition) is 1. The first kappa shape index (κ1) is 17.1. The summed E-state index contributed by atoms with van der Waals surface area (Å²) in [6, 6.07) is 6.67. The monoisotopic (exact) mass is 312 g/mol. The van der Waals surface area contributed by atoms with E-state index >= 15 is 0 Å². The first-order valence-corrected chi connectivity index (χ1v) is 8.33. The van der Waals surface area contributed by atoms with E-state index in [-0.39, 0.29) is 12.1 Å². The molecule has 0 saturated carbocycles. The largest absolute Gasteiger partial charge is 0.494 e. The molecule has 0 bridgehead atoms. The van der Waals surface area contributed by atoms with Gasteiger partial charge in [0.2, 0.25) is 10.0 Å². The van der Waals surface area contributed by atoms with Crippen LogP contribution in [0.4, 0.5) is 5.69 Å². The minimum absolute atomic E-state index is 0.209. The molecule has 21 heavy (non-hydrogen) atoms. The van der Waals surface area contributed by atoms with Gasteiger partial charge >= 0.3 is 0 Å². The summed E-state index contributed by atoms with van der Waals surface area (Å²) in [4.78, 5) is 0. The summed E-state index contributed by atoms with van der Waals surface area (Å²) in [6.45, 7) is 6.16. The molecule has 1 aromatic carbocycles. The van der Waals surface area contributed by atoms with Crippen LogP contribution in [0.1, 0.15) is 27.2 Å². The average Bonchev–Trinajstić information content (AvgIpc) is 2.43. The van der Waals surface area contributed by atoms with Crippen LogP contribution in [-0.2, 0) is 10.0 Å². The van der Waals surface area contributed by atoms with Crippen molar-refractivity contribution in [2.24, 2.45) is 0 Å². The van der Waals surface area contributed by atoms with E-state index in [0.29, 0.717) is 24.7 Å². The number of ether oxygens (including phenoxy) is 2. The first-order valence-electron chi connectivity index (χ1n) is 6.79. The summed E-state index contributed by atoms with van der Waals surface area (Å²) in [5.41, 5.74) is 0.275. The van der Waals surface area contributed by atoms with Crippen molar-refractivity contribution >= 4 is 15.7 Å². The van der Waals surface area contributed by atoms with Crippen LogP contribution in [0.15, 0.2) is 18.2 Å². The van der Waals surface area contributed by atoms with Gasteiger partial charge in [0.1, 0.15) is 11.5 Å². The van der Waals surface area contributed by atoms with Gasteiger partial charge in [0, 0.05) is 6.07 Å². The fourth-order valence-corrected chi connectivity index (χ4v) is 2.92. The third-order valence-electron chi connectivity index (χ3n) is 2.70. The number of nitriles is 1. The van der Waals surface area contributed by atoms with Gasteiger partial charge in [0.05, 0.1) is 25.0 Å². The SMILES string of the molecule is CCOc1ccc(OCC)c(NS(=O)(=O)C(C#N)CC)c1. The molecule has 0 aliphatic heterocycles. The van der Waals surface area contributed by atoms with Gasteiger partial charge in [-0.05, 0) is 32.4 Å². The van der Waals surface area contributed by atoms with Crippen LogP contribution >= 0.6 is 0 Å². The van der Waals surface area contributed by atoms with Gasteiger partial charge in [-0.2, -0.15) is 5.26 Å². The van der Waals surface area contributed by atoms with Gasteiger partial charge < -0.3 is 9.47 Å². The van der Waals surface area contributed by atoms with Crippen molar-refractivity contribution in [1.82, 2.24) is 0 Å². The third-order valence-corrected chi connectivity index (χ3v) is 4.40. The standard InChI is InChI=1S/C14H20N2O4S/c1-4-12(10-15)21(17,18)16-13-9-11(19-5-2)7-8-14(13)20-6-3/h7-9,12,16H,4-6H2,1-3H3. The Kier molecular flexibility index (Phi) is 6.31. The van der Waals surface area contributed by atoms with Crippen LogP contribution in [0.25, 0.3) is 0 Å². The topological polar surface area (TPSA) is 88.4 Å². The van der Waals surface area contributed by atoms with Gasteiger partial charge in [-0.3, -0.25) is 4.72 Å². The second kappa shape index (κ2) is 7.74. The number of hydrogen-bond acceptors (Lipinski definition) is 5. The number of benzene rings is 1. The Bertz CT molecular complexity index is 608. The molecule has 0 aliphatic carbocycles. The van der Waals surface area contributed by atoms with Crippen molar-refractivity contribution in [3.63, 3.8) is 0 Å². The van der Waals surface area contributed by atoms with Crippen molar-refractivity contribution in [3.05, 3.63) is 18.2 Å². The molecule has 1 rings (SSSR count). The lowest BCUT2D eigenvalue weighted by Crippen LogP contribution is -2.26. The number of nitrogens with one attached hydrogen (secondary N) is 1. The van der Waals surface area contributed by atoms with E-state index in [1.807, 2.05) is 6.92 Å². The molecular weight excluding hydrogens is 292 g/mol. The van der Waals surface area contributed by atoms with Crippen LogP contribution < -0.4 is 14.2 Å². The van der Waals surface area contributed by atoms with Crippen molar-refractivity contribution in [3.8, 4) is 17.6 Å². The molecule has 0 radical (unpaired) electrons. The minimum Gasteiger partial charge on any atom is -0.494 e. The fourth-order valence-electron chi connectivity index (χ4n) is 1.73. The summed E-state index contributed by atoms with van der Waals surface area (Å²) in [5, 5.41) is 7.82. The predicted octanol–water partition coefficient (Wildman–Crippen LogP) is 2.53. The Morgan fingerprint density at radius 3 is 2.43 bits per heavy atom. The summed E-state index contributed by atoms with van der Waals surface area (Å²) in [5.74, 6) is 0.931. The fraction of sp³-hybridized carbons (Fsp3) is 0.500. The van der Waals surface area contributed by atoms with Crippen molar-refractivity contribution in [2.75, 3.05) is 17.9 Å². The van der Waals surface area contributed by atoms with E-state index < -0.39 is 15.3 Å². The molecule has 1 N–H and O–H groups in total. The van der Waals surface area contributed by atoms with E-state index in [2.05, 4.69) is 4.72 Å². The number of sulfonamides is 1. The van der Waals surface area contributed by atoms with Crippen LogP contribution in [0.5, 0.6) is 11.5 Å². The van der Waals surface area contributed by atoms with Crippen LogP contribution in [0, 0.1) is 11.3 Å². The molecule has 1 atom stereocenters. The average molecular weight is 312 g/mol. The maximum Gasteiger partial charge on any atom is 0.249 e. The highest BCUT2D eigenvalue weighted by atomic mass is 32.2. The Morgan fingerprint density at radius 2 is 1.90 bits per heavy atom. The maximum absolute atomic E-state index is 12.2. The zero-order chi connectivity index (χ0) is 15.9. The molecular formula is C14H20N2O4S. The van der Waals surface area contributed by atoms with Gasteiger partial charge in [-0.25, -0.2) is 8.42 Å². The summed E-state index contributed by atoms with van der Waals surface area (Å²) < 4.78 is 37.5. The Hall–Kier alpha value is -1.94. The van der Waals surface area contributed by atoms with Crippen molar-refractivity contribution in [2.45, 2.75) is 32.4 Å². The Balaban J connectivity index is 3.14. The Labute approximate surface area is 125 Å². The molecule has 0 saturated heterocycles. The number of anilines is 1. The van der Waals surface area contributed by atoms with Gasteiger partial charge in [-0.1, -0.05) is 6.92 Å². The Morgan fingerprint density at radius 1 is 1.24 bits per heavy atom. The molecule has 0 aliphatic rings. The molecule has 0 amide bonds. The lowest BCUT2D eigenvalue weighted by molar-refractivity contribution is 0.332. The van der Waals surface area contributed by atoms with Crippen LogP contribution in [0.2, 0.25) is 0 Å². The van der Waals surface area contributed by atoms with Crippen LogP contribution in [0.3, 0.4) is 0 Å².